The predicted molar refractivity (Wildman–Crippen MR) is 92.5 cm³/mol. The Balaban J connectivity index is 1.41. The van der Waals surface area contributed by atoms with Crippen LogP contribution < -0.4 is 0 Å². The van der Waals surface area contributed by atoms with Crippen LogP contribution >= 0.6 is 0 Å². The summed E-state index contributed by atoms with van der Waals surface area (Å²) in [6.45, 7) is 0.464. The lowest BCUT2D eigenvalue weighted by molar-refractivity contribution is 0.0153. The summed E-state index contributed by atoms with van der Waals surface area (Å²) in [5.74, 6) is 0.739. The first-order valence-electron chi connectivity index (χ1n) is 9.02. The van der Waals surface area contributed by atoms with Gasteiger partial charge in [0.05, 0.1) is 12.1 Å². The number of H-pyrrole nitrogens is 1. The molecular formula is C19H19FN4O2. The van der Waals surface area contributed by atoms with E-state index in [0.29, 0.717) is 30.3 Å². The highest BCUT2D eigenvalue weighted by molar-refractivity contribution is 6.06. The van der Waals surface area contributed by atoms with Gasteiger partial charge in [-0.05, 0) is 31.7 Å². The molecule has 1 aliphatic carbocycles. The second-order valence-corrected chi connectivity index (χ2v) is 7.28. The van der Waals surface area contributed by atoms with Crippen LogP contribution in [0.5, 0.6) is 0 Å². The third-order valence-electron chi connectivity index (χ3n) is 5.32. The van der Waals surface area contributed by atoms with Gasteiger partial charge in [-0.3, -0.25) is 4.79 Å². The first kappa shape index (κ1) is 15.5. The van der Waals surface area contributed by atoms with Crippen LogP contribution in [0, 0.1) is 0 Å². The lowest BCUT2D eigenvalue weighted by Crippen LogP contribution is -2.46. The van der Waals surface area contributed by atoms with Gasteiger partial charge in [-0.1, -0.05) is 23.4 Å². The van der Waals surface area contributed by atoms with E-state index in [4.69, 9.17) is 4.52 Å². The van der Waals surface area contributed by atoms with Crippen LogP contribution in [-0.2, 0) is 5.67 Å². The minimum atomic E-state index is -1.78. The number of para-hydroxylation sites is 1. The van der Waals surface area contributed by atoms with Gasteiger partial charge in [-0.25, -0.2) is 4.39 Å². The lowest BCUT2D eigenvalue weighted by Gasteiger charge is -2.35. The van der Waals surface area contributed by atoms with Gasteiger partial charge < -0.3 is 14.4 Å². The maximum atomic E-state index is 15.6. The maximum Gasteiger partial charge on any atom is 0.266 e. The molecule has 3 heterocycles. The van der Waals surface area contributed by atoms with Gasteiger partial charge in [-0.15, -0.1) is 0 Å². The molecule has 6 nitrogen and oxygen atoms in total. The second kappa shape index (κ2) is 5.65. The summed E-state index contributed by atoms with van der Waals surface area (Å²) in [7, 11) is 0. The molecule has 134 valence electrons. The van der Waals surface area contributed by atoms with E-state index in [1.807, 2.05) is 24.3 Å². The zero-order valence-electron chi connectivity index (χ0n) is 14.2. The largest absolute Gasteiger partial charge is 0.360 e. The average molecular weight is 354 g/mol. The van der Waals surface area contributed by atoms with Crippen molar-refractivity contribution in [3.05, 3.63) is 47.7 Å². The molecule has 1 unspecified atom stereocenters. The van der Waals surface area contributed by atoms with Crippen LogP contribution in [0.25, 0.3) is 10.9 Å². The monoisotopic (exact) mass is 354 g/mol. The molecule has 1 N–H and O–H groups in total. The first-order chi connectivity index (χ1) is 12.6. The molecule has 2 aromatic heterocycles. The number of rotatable bonds is 3. The number of aromatic amines is 1. The van der Waals surface area contributed by atoms with Crippen LogP contribution in [0.3, 0.4) is 0 Å². The number of carbonyl (C=O) groups is 1. The molecule has 0 bridgehead atoms. The van der Waals surface area contributed by atoms with Crippen molar-refractivity contribution in [3.8, 4) is 0 Å². The number of nitrogens with one attached hydrogen (secondary N) is 1. The normalized spacial score (nSPS) is 23.5. The fourth-order valence-corrected chi connectivity index (χ4v) is 3.70. The predicted octanol–water partition coefficient (Wildman–Crippen LogP) is 3.53. The van der Waals surface area contributed by atoms with E-state index in [2.05, 4.69) is 15.1 Å². The van der Waals surface area contributed by atoms with Crippen molar-refractivity contribution in [1.82, 2.24) is 20.0 Å². The zero-order valence-corrected chi connectivity index (χ0v) is 14.2. The van der Waals surface area contributed by atoms with Crippen molar-refractivity contribution in [2.75, 3.05) is 13.1 Å². The number of benzene rings is 1. The van der Waals surface area contributed by atoms with Crippen molar-refractivity contribution in [3.63, 3.8) is 0 Å². The van der Waals surface area contributed by atoms with Gasteiger partial charge >= 0.3 is 0 Å². The molecule has 1 amide bonds. The molecule has 3 aromatic rings. The van der Waals surface area contributed by atoms with Crippen molar-refractivity contribution in [2.45, 2.75) is 37.3 Å². The van der Waals surface area contributed by atoms with Crippen molar-refractivity contribution in [1.29, 1.82) is 0 Å². The van der Waals surface area contributed by atoms with E-state index in [0.717, 1.165) is 23.7 Å². The van der Waals surface area contributed by atoms with E-state index < -0.39 is 5.67 Å². The molecule has 7 heteroatoms. The van der Waals surface area contributed by atoms with E-state index in [1.54, 1.807) is 11.1 Å². The summed E-state index contributed by atoms with van der Waals surface area (Å²) in [4.78, 5) is 21.9. The fraction of sp³-hybridized carbons (Fsp3) is 0.421. The Hall–Kier alpha value is -2.70. The van der Waals surface area contributed by atoms with Gasteiger partial charge in [0.25, 0.3) is 11.8 Å². The molecule has 1 saturated heterocycles. The maximum absolute atomic E-state index is 15.6. The number of hydrogen-bond acceptors (Lipinski definition) is 4. The van der Waals surface area contributed by atoms with E-state index in [9.17, 15) is 4.79 Å². The Labute approximate surface area is 149 Å². The first-order valence-corrected chi connectivity index (χ1v) is 9.02. The van der Waals surface area contributed by atoms with Crippen LogP contribution in [0.1, 0.15) is 53.7 Å². The Morgan fingerprint density at radius 2 is 2.19 bits per heavy atom. The molecule has 0 radical (unpaired) electrons. The quantitative estimate of drug-likeness (QED) is 0.781. The number of likely N-dealkylation sites (tertiary alicyclic amines) is 1. The number of alkyl halides is 1. The number of nitrogens with zero attached hydrogens (tertiary/aromatic N) is 3. The van der Waals surface area contributed by atoms with Crippen molar-refractivity contribution >= 4 is 16.8 Å². The van der Waals surface area contributed by atoms with Gasteiger partial charge in [0.2, 0.25) is 5.67 Å². The number of fused-ring (bicyclic) bond motifs is 1. The summed E-state index contributed by atoms with van der Waals surface area (Å²) in [5.41, 5.74) is -0.320. The number of hydrogen-bond donors (Lipinski definition) is 1. The average Bonchev–Trinajstić information content (AvgIpc) is 3.22. The van der Waals surface area contributed by atoms with Crippen LogP contribution in [0.2, 0.25) is 0 Å². The number of carbonyl (C=O) groups excluding carboxylic acids is 1. The Morgan fingerprint density at radius 1 is 1.35 bits per heavy atom. The summed E-state index contributed by atoms with van der Waals surface area (Å²) in [6.07, 6.45) is 4.61. The Bertz CT molecular complexity index is 977. The SMILES string of the molecule is O=C(c1c[nH]c2ccccc12)N1CCCC(F)(c2nc(C3CC3)no2)C1. The fourth-order valence-electron chi connectivity index (χ4n) is 3.70. The van der Waals surface area contributed by atoms with Crippen molar-refractivity contribution in [2.24, 2.45) is 0 Å². The number of aromatic nitrogens is 3. The lowest BCUT2D eigenvalue weighted by atomic mass is 9.94. The Kier molecular flexibility index (Phi) is 3.38. The molecule has 0 spiro atoms. The molecule has 1 saturated carbocycles. The third-order valence-corrected chi connectivity index (χ3v) is 5.32. The molecule has 1 atom stereocenters. The highest BCUT2D eigenvalue weighted by atomic mass is 19.1. The van der Waals surface area contributed by atoms with E-state index in [1.165, 1.54) is 0 Å². The third kappa shape index (κ3) is 2.50. The summed E-state index contributed by atoms with van der Waals surface area (Å²) in [5, 5.41) is 4.77. The van der Waals surface area contributed by atoms with Gasteiger partial charge in [-0.2, -0.15) is 4.98 Å². The smallest absolute Gasteiger partial charge is 0.266 e. The highest BCUT2D eigenvalue weighted by Crippen LogP contribution is 2.41. The van der Waals surface area contributed by atoms with Crippen LogP contribution in [-0.4, -0.2) is 39.0 Å². The topological polar surface area (TPSA) is 75.0 Å². The molecule has 26 heavy (non-hydrogen) atoms. The number of piperidine rings is 1. The molecule has 1 aromatic carbocycles. The minimum Gasteiger partial charge on any atom is -0.360 e. The number of halogens is 1. The standard InChI is InChI=1S/C19H19FN4O2/c20-19(18-22-16(23-26-18)12-6-7-12)8-3-9-24(11-19)17(25)14-10-21-15-5-2-1-4-13(14)15/h1-2,4-5,10,12,21H,3,6-9,11H2. The molecular weight excluding hydrogens is 335 g/mol. The summed E-state index contributed by atoms with van der Waals surface area (Å²) < 4.78 is 20.8. The zero-order chi connectivity index (χ0) is 17.7. The van der Waals surface area contributed by atoms with E-state index >= 15 is 4.39 Å². The highest BCUT2D eigenvalue weighted by Gasteiger charge is 2.45. The van der Waals surface area contributed by atoms with E-state index in [-0.39, 0.29) is 24.8 Å². The molecule has 2 fully saturated rings. The minimum absolute atomic E-state index is 0.0100. The van der Waals surface area contributed by atoms with Gasteiger partial charge in [0.15, 0.2) is 5.82 Å². The molecule has 2 aliphatic rings. The van der Waals surface area contributed by atoms with Crippen molar-refractivity contribution < 1.29 is 13.7 Å². The summed E-state index contributed by atoms with van der Waals surface area (Å²) >= 11 is 0. The second-order valence-electron chi connectivity index (χ2n) is 7.28. The Morgan fingerprint density at radius 3 is 3.04 bits per heavy atom. The molecule has 1 aliphatic heterocycles. The summed E-state index contributed by atoms with van der Waals surface area (Å²) in [6, 6.07) is 7.61. The number of amides is 1. The van der Waals surface area contributed by atoms with Crippen LogP contribution in [0.15, 0.2) is 35.0 Å². The van der Waals surface area contributed by atoms with Gasteiger partial charge in [0, 0.05) is 29.6 Å². The van der Waals surface area contributed by atoms with Crippen LogP contribution in [0.4, 0.5) is 4.39 Å². The van der Waals surface area contributed by atoms with Gasteiger partial charge in [0.1, 0.15) is 0 Å². The molecule has 5 rings (SSSR count).